The zero-order valence-electron chi connectivity index (χ0n) is 43.6. The predicted molar refractivity (Wildman–Crippen MR) is 290 cm³/mol. The van der Waals surface area contributed by atoms with Crippen LogP contribution in [-0.4, -0.2) is 65.7 Å². The summed E-state index contributed by atoms with van der Waals surface area (Å²) in [5, 5.41) is 0. The number of rotatable bonds is 3. The maximum atomic E-state index is 4.94. The van der Waals surface area contributed by atoms with Crippen LogP contribution in [0, 0.1) is 62.3 Å². The first-order valence-electron chi connectivity index (χ1n) is 25.4. The van der Waals surface area contributed by atoms with Crippen molar-refractivity contribution in [2.24, 2.45) is 0 Å². The van der Waals surface area contributed by atoms with Crippen molar-refractivity contribution in [1.29, 1.82) is 0 Å². The molecule has 0 N–H and O–H groups in total. The molecular weight excluding hydrogens is 825 g/mol. The molecule has 4 fully saturated rings. The Kier molecular flexibility index (Phi) is 22.5. The summed E-state index contributed by atoms with van der Waals surface area (Å²) >= 11 is 0. The third-order valence-corrected chi connectivity index (χ3v) is 13.9. The molecule has 6 aromatic rings. The van der Waals surface area contributed by atoms with Crippen LogP contribution in [0.15, 0.2) is 121 Å². The molecule has 5 aliphatic rings. The van der Waals surface area contributed by atoms with Crippen molar-refractivity contribution >= 4 is 51.1 Å². The molecule has 0 aromatic heterocycles. The fraction of sp³-hybridized carbons (Fsp3) is 0.410. The second-order valence-electron chi connectivity index (χ2n) is 19.4. The van der Waals surface area contributed by atoms with Gasteiger partial charge in [-0.3, -0.25) is 0 Å². The van der Waals surface area contributed by atoms with Crippen LogP contribution in [0.5, 0.6) is 0 Å². The maximum absolute atomic E-state index is 4.94. The van der Waals surface area contributed by atoms with E-state index >= 15 is 0 Å². The number of benzene rings is 6. The Morgan fingerprint density at radius 2 is 0.588 bits per heavy atom. The van der Waals surface area contributed by atoms with E-state index in [1.54, 1.807) is 0 Å². The molecule has 5 aliphatic heterocycles. The van der Waals surface area contributed by atoms with Gasteiger partial charge in [-0.1, -0.05) is 177 Å². The molecule has 0 radical (unpaired) electrons. The Bertz CT molecular complexity index is 2180. The fourth-order valence-corrected chi connectivity index (χ4v) is 11.6. The van der Waals surface area contributed by atoms with Gasteiger partial charge in [-0.2, -0.15) is 21.9 Å². The number of hydrogen-bond acceptors (Lipinski definition) is 4. The minimum atomic E-state index is -1.46. The van der Waals surface area contributed by atoms with Crippen molar-refractivity contribution in [2.75, 3.05) is 52.9 Å². The number of aryl methyl sites for hydroxylation is 9. The number of hydrogen-bond donors (Lipinski definition) is 0. The van der Waals surface area contributed by atoms with E-state index in [1.807, 2.05) is 36.4 Å². The summed E-state index contributed by atoms with van der Waals surface area (Å²) in [6.45, 7) is 28.8. The summed E-state index contributed by atoms with van der Waals surface area (Å²) in [5.41, 5.74) is 22.5. The second-order valence-corrected chi connectivity index (χ2v) is 19.4. The largest absolute Gasteiger partial charge is 1.00 e. The molecule has 68 heavy (non-hydrogen) atoms. The molecule has 0 bridgehead atoms. The Morgan fingerprint density at radius 3 is 0.838 bits per heavy atom. The van der Waals surface area contributed by atoms with Crippen LogP contribution in [-0.2, 0) is 18.9 Å². The second kappa shape index (κ2) is 27.9. The van der Waals surface area contributed by atoms with Crippen LogP contribution in [0.1, 0.15) is 101 Å². The number of fused-ring (bicyclic) bond motifs is 2. The SMILES string of the molecule is C1CCOC1.C1CCOC1.C1CCOC1.C1CCOC1.Cc1cc(C)c(B2c3ccccc3[B-](c3c(C)cc(C)cc3C)(c3c(C)cc(C)cc3C)c3ccccc32)c(C)c1.[Li+].c1ccccc1. The molecule has 0 spiro atoms. The summed E-state index contributed by atoms with van der Waals surface area (Å²) in [5.74, 6) is 0. The van der Waals surface area contributed by atoms with Gasteiger partial charge in [0, 0.05) is 52.9 Å². The third-order valence-electron chi connectivity index (χ3n) is 13.9. The molecule has 4 nitrogen and oxygen atoms in total. The zero-order chi connectivity index (χ0) is 47.6. The van der Waals surface area contributed by atoms with Crippen LogP contribution in [0.25, 0.3) is 0 Å². The van der Waals surface area contributed by atoms with Gasteiger partial charge < -0.3 is 18.9 Å². The maximum Gasteiger partial charge on any atom is 1.00 e. The molecule has 0 amide bonds. The van der Waals surface area contributed by atoms with E-state index in [9.17, 15) is 0 Å². The van der Waals surface area contributed by atoms with Gasteiger partial charge in [0.1, 0.15) is 6.15 Å². The normalized spacial score (nSPS) is 16.0. The first-order chi connectivity index (χ1) is 32.5. The summed E-state index contributed by atoms with van der Waals surface area (Å²) in [7, 11) is 0. The Labute approximate surface area is 424 Å². The first-order valence-corrected chi connectivity index (χ1v) is 25.4. The average molecular weight is 905 g/mol. The molecule has 0 atom stereocenters. The molecular formula is C61H79B2LiO4. The third kappa shape index (κ3) is 14.0. The minimum absolute atomic E-state index is 0. The molecule has 7 heteroatoms. The van der Waals surface area contributed by atoms with Crippen LogP contribution in [0.3, 0.4) is 0 Å². The van der Waals surface area contributed by atoms with E-state index in [4.69, 9.17) is 18.9 Å². The summed E-state index contributed by atoms with van der Waals surface area (Å²) in [6.07, 6.45) is 8.76. The molecule has 0 unspecified atom stereocenters. The smallest absolute Gasteiger partial charge is 0.381 e. The predicted octanol–water partition coefficient (Wildman–Crippen LogP) is 6.55. The van der Waals surface area contributed by atoms with Gasteiger partial charge >= 0.3 is 18.9 Å². The van der Waals surface area contributed by atoms with Gasteiger partial charge in [-0.15, -0.1) is 10.9 Å². The van der Waals surface area contributed by atoms with Crippen molar-refractivity contribution in [3.05, 3.63) is 171 Å². The molecule has 354 valence electrons. The Morgan fingerprint density at radius 1 is 0.338 bits per heavy atom. The van der Waals surface area contributed by atoms with E-state index in [-0.39, 0.29) is 25.6 Å². The monoisotopic (exact) mass is 905 g/mol. The number of ether oxygens (including phenoxy) is 4. The van der Waals surface area contributed by atoms with Gasteiger partial charge in [0.05, 0.1) is 0 Å². The standard InChI is InChI=1S/C39H41B2.C6H6.4C4H8O.Li/c1-24-18-27(4)37(28(5)19-24)40-33-14-10-12-16-35(33)41(36-17-13-11-15-34(36)40,38-29(6)20-25(2)21-30(38)7)39-31(8)22-26(3)23-32(39)9;1-2-4-6-5-3-1;4*1-2-4-5-3-1;/h10-23H,1-9H3;1-6H;4*1-4H2;/q-1;;;;;;+1. The molecule has 6 aromatic carbocycles. The van der Waals surface area contributed by atoms with Gasteiger partial charge in [-0.25, -0.2) is 0 Å². The van der Waals surface area contributed by atoms with Crippen molar-refractivity contribution in [3.8, 4) is 0 Å². The summed E-state index contributed by atoms with van der Waals surface area (Å²) in [6, 6.07) is 45.1. The topological polar surface area (TPSA) is 36.9 Å². The van der Waals surface area contributed by atoms with Crippen LogP contribution >= 0.6 is 0 Å². The molecule has 11 rings (SSSR count). The van der Waals surface area contributed by atoms with E-state index in [2.05, 4.69) is 147 Å². The molecule has 0 aliphatic carbocycles. The molecule has 4 saturated heterocycles. The first kappa shape index (κ1) is 54.8. The van der Waals surface area contributed by atoms with Gasteiger partial charge in [0.15, 0.2) is 0 Å². The van der Waals surface area contributed by atoms with Crippen LogP contribution in [0.2, 0.25) is 0 Å². The van der Waals surface area contributed by atoms with Gasteiger partial charge in [0.25, 0.3) is 0 Å². The van der Waals surface area contributed by atoms with Crippen LogP contribution in [0.4, 0.5) is 0 Å². The van der Waals surface area contributed by atoms with Crippen molar-refractivity contribution in [2.45, 2.75) is 114 Å². The quantitative estimate of drug-likeness (QED) is 0.189. The van der Waals surface area contributed by atoms with Crippen molar-refractivity contribution in [3.63, 3.8) is 0 Å². The van der Waals surface area contributed by atoms with E-state index in [0.717, 1.165) is 52.9 Å². The summed E-state index contributed by atoms with van der Waals surface area (Å²) in [4.78, 5) is 0. The fourth-order valence-electron chi connectivity index (χ4n) is 11.6. The van der Waals surface area contributed by atoms with Crippen molar-refractivity contribution in [1.82, 2.24) is 0 Å². The average Bonchev–Trinajstić information content (AvgIpc) is 4.18. The van der Waals surface area contributed by atoms with Gasteiger partial charge in [0.2, 0.25) is 6.71 Å². The molecule has 5 heterocycles. The van der Waals surface area contributed by atoms with Crippen LogP contribution < -0.4 is 57.1 Å². The van der Waals surface area contributed by atoms with E-state index in [0.29, 0.717) is 0 Å². The Balaban J connectivity index is 0.000000254. The van der Waals surface area contributed by atoms with E-state index in [1.165, 1.54) is 140 Å². The zero-order valence-corrected chi connectivity index (χ0v) is 43.6. The van der Waals surface area contributed by atoms with Gasteiger partial charge in [-0.05, 0) is 114 Å². The summed E-state index contributed by atoms with van der Waals surface area (Å²) < 4.78 is 19.8. The van der Waals surface area contributed by atoms with E-state index < -0.39 is 6.15 Å². The Hall–Kier alpha value is -4.11. The molecule has 0 saturated carbocycles. The minimum Gasteiger partial charge on any atom is -0.381 e. The van der Waals surface area contributed by atoms with Crippen molar-refractivity contribution < 1.29 is 37.8 Å².